The molecule has 0 radical (unpaired) electrons. The van der Waals surface area contributed by atoms with Gasteiger partial charge in [-0.1, -0.05) is 30.1 Å². The first kappa shape index (κ1) is 15.1. The lowest BCUT2D eigenvalue weighted by atomic mass is 9.92. The quantitative estimate of drug-likeness (QED) is 0.912. The van der Waals surface area contributed by atoms with Gasteiger partial charge >= 0.3 is 0 Å². The minimum absolute atomic E-state index is 0.148. The summed E-state index contributed by atoms with van der Waals surface area (Å²) in [4.78, 5) is 26.2. The molecule has 2 unspecified atom stereocenters. The molecule has 0 bridgehead atoms. The second-order valence-corrected chi connectivity index (χ2v) is 5.94. The molecule has 1 aromatic carbocycles. The topological polar surface area (TPSA) is 49.4 Å². The largest absolute Gasteiger partial charge is 0.340 e. The van der Waals surface area contributed by atoms with Crippen LogP contribution in [0.3, 0.4) is 0 Å². The molecule has 2 rings (SSSR count). The fraction of sp³-hybridized carbons (Fsp3) is 0.429. The standard InChI is InChI=1S/C14H16Cl2N2O2/c1-4-14(3)13(20)18(8(2)12(19)17-14)9-5-6-10(15)11(16)7-9/h5-8H,4H2,1-3H3,(H,17,19). The Kier molecular flexibility index (Phi) is 3.98. The molecule has 1 fully saturated rings. The van der Waals surface area contributed by atoms with Gasteiger partial charge < -0.3 is 5.32 Å². The summed E-state index contributed by atoms with van der Waals surface area (Å²) in [5.74, 6) is -0.328. The first-order chi connectivity index (χ1) is 9.30. The average molecular weight is 315 g/mol. The fourth-order valence-corrected chi connectivity index (χ4v) is 2.50. The normalized spacial score (nSPS) is 26.6. The zero-order valence-electron chi connectivity index (χ0n) is 11.5. The summed E-state index contributed by atoms with van der Waals surface area (Å²) < 4.78 is 0. The predicted octanol–water partition coefficient (Wildman–Crippen LogP) is 3.01. The van der Waals surface area contributed by atoms with Crippen LogP contribution >= 0.6 is 23.2 Å². The van der Waals surface area contributed by atoms with Gasteiger partial charge in [0.2, 0.25) is 5.91 Å². The molecule has 1 saturated heterocycles. The molecule has 2 amide bonds. The highest BCUT2D eigenvalue weighted by molar-refractivity contribution is 6.42. The van der Waals surface area contributed by atoms with E-state index in [0.717, 1.165) is 0 Å². The van der Waals surface area contributed by atoms with Crippen molar-refractivity contribution in [3.8, 4) is 0 Å². The Hall–Kier alpha value is -1.26. The van der Waals surface area contributed by atoms with Gasteiger partial charge in [0.1, 0.15) is 11.6 Å². The molecule has 2 atom stereocenters. The van der Waals surface area contributed by atoms with Gasteiger partial charge in [-0.2, -0.15) is 0 Å². The van der Waals surface area contributed by atoms with E-state index >= 15 is 0 Å². The minimum atomic E-state index is -0.893. The third-order valence-corrected chi connectivity index (χ3v) is 4.48. The summed E-state index contributed by atoms with van der Waals surface area (Å²) >= 11 is 11.9. The number of carbonyl (C=O) groups is 2. The average Bonchev–Trinajstić information content (AvgIpc) is 2.41. The maximum Gasteiger partial charge on any atom is 0.253 e. The van der Waals surface area contributed by atoms with E-state index in [0.29, 0.717) is 22.2 Å². The van der Waals surface area contributed by atoms with Gasteiger partial charge in [0.05, 0.1) is 10.0 Å². The van der Waals surface area contributed by atoms with Crippen LogP contribution in [0.15, 0.2) is 18.2 Å². The Morgan fingerprint density at radius 2 is 1.95 bits per heavy atom. The van der Waals surface area contributed by atoms with Crippen LogP contribution in [0.2, 0.25) is 10.0 Å². The molecule has 1 aromatic rings. The van der Waals surface area contributed by atoms with Crippen molar-refractivity contribution < 1.29 is 9.59 Å². The summed E-state index contributed by atoms with van der Waals surface area (Å²) in [7, 11) is 0. The van der Waals surface area contributed by atoms with E-state index in [-0.39, 0.29) is 11.8 Å². The Labute approximate surface area is 128 Å². The molecule has 6 heteroatoms. The molecule has 108 valence electrons. The van der Waals surface area contributed by atoms with E-state index in [1.54, 1.807) is 32.0 Å². The van der Waals surface area contributed by atoms with E-state index in [2.05, 4.69) is 5.32 Å². The number of benzene rings is 1. The molecule has 0 aliphatic carbocycles. The Bertz CT molecular complexity index is 576. The number of piperazine rings is 1. The number of hydrogen-bond acceptors (Lipinski definition) is 2. The third-order valence-electron chi connectivity index (χ3n) is 3.75. The summed E-state index contributed by atoms with van der Waals surface area (Å²) in [5, 5.41) is 3.55. The van der Waals surface area contributed by atoms with Crippen molar-refractivity contribution in [3.05, 3.63) is 28.2 Å². The summed E-state index contributed by atoms with van der Waals surface area (Å²) in [6.07, 6.45) is 0.516. The lowest BCUT2D eigenvalue weighted by Gasteiger charge is -2.43. The lowest BCUT2D eigenvalue weighted by molar-refractivity contribution is -0.137. The lowest BCUT2D eigenvalue weighted by Crippen LogP contribution is -2.68. The van der Waals surface area contributed by atoms with Crippen molar-refractivity contribution in [1.82, 2.24) is 5.32 Å². The number of anilines is 1. The van der Waals surface area contributed by atoms with Crippen LogP contribution in [0.25, 0.3) is 0 Å². The van der Waals surface area contributed by atoms with Crippen molar-refractivity contribution in [2.24, 2.45) is 0 Å². The molecule has 1 aliphatic rings. The van der Waals surface area contributed by atoms with Crippen LogP contribution in [-0.4, -0.2) is 23.4 Å². The number of nitrogens with one attached hydrogen (secondary N) is 1. The van der Waals surface area contributed by atoms with Crippen LogP contribution in [-0.2, 0) is 9.59 Å². The molecule has 0 saturated carbocycles. The summed E-state index contributed by atoms with van der Waals surface area (Å²) in [5.41, 5.74) is -0.318. The molecular weight excluding hydrogens is 299 g/mol. The van der Waals surface area contributed by atoms with Crippen LogP contribution < -0.4 is 10.2 Å². The third kappa shape index (κ3) is 2.38. The number of carbonyl (C=O) groups excluding carboxylic acids is 2. The van der Waals surface area contributed by atoms with Crippen LogP contribution in [0.1, 0.15) is 27.2 Å². The Balaban J connectivity index is 2.48. The van der Waals surface area contributed by atoms with Crippen molar-refractivity contribution in [3.63, 3.8) is 0 Å². The summed E-state index contributed by atoms with van der Waals surface area (Å²) in [6.45, 7) is 5.27. The van der Waals surface area contributed by atoms with Crippen molar-refractivity contribution in [2.75, 3.05) is 4.90 Å². The second-order valence-electron chi connectivity index (χ2n) is 5.12. The van der Waals surface area contributed by atoms with Gasteiger partial charge in [0.15, 0.2) is 0 Å². The molecule has 1 heterocycles. The highest BCUT2D eigenvalue weighted by Crippen LogP contribution is 2.32. The van der Waals surface area contributed by atoms with Gasteiger partial charge in [-0.3, -0.25) is 14.5 Å². The molecule has 0 spiro atoms. The zero-order valence-corrected chi connectivity index (χ0v) is 13.0. The van der Waals surface area contributed by atoms with E-state index < -0.39 is 11.6 Å². The van der Waals surface area contributed by atoms with Gasteiger partial charge in [-0.05, 0) is 38.5 Å². The number of halogens is 2. The molecule has 1 N–H and O–H groups in total. The monoisotopic (exact) mass is 314 g/mol. The van der Waals surface area contributed by atoms with Gasteiger partial charge in [-0.25, -0.2) is 0 Å². The predicted molar refractivity (Wildman–Crippen MR) is 80.2 cm³/mol. The van der Waals surface area contributed by atoms with E-state index in [9.17, 15) is 9.59 Å². The highest BCUT2D eigenvalue weighted by atomic mass is 35.5. The molecule has 1 aliphatic heterocycles. The summed E-state index contributed by atoms with van der Waals surface area (Å²) in [6, 6.07) is 4.33. The van der Waals surface area contributed by atoms with Crippen LogP contribution in [0.5, 0.6) is 0 Å². The van der Waals surface area contributed by atoms with Crippen LogP contribution in [0, 0.1) is 0 Å². The van der Waals surface area contributed by atoms with E-state index in [1.807, 2.05) is 6.92 Å². The Morgan fingerprint density at radius 3 is 2.50 bits per heavy atom. The smallest absolute Gasteiger partial charge is 0.253 e. The molecular formula is C14H16Cl2N2O2. The molecule has 0 aromatic heterocycles. The van der Waals surface area contributed by atoms with E-state index in [4.69, 9.17) is 23.2 Å². The van der Waals surface area contributed by atoms with Gasteiger partial charge in [0.25, 0.3) is 5.91 Å². The first-order valence-corrected chi connectivity index (χ1v) is 7.16. The SMILES string of the molecule is CCC1(C)NC(=O)C(C)N(c2ccc(Cl)c(Cl)c2)C1=O. The maximum atomic E-state index is 12.7. The highest BCUT2D eigenvalue weighted by Gasteiger charge is 2.45. The number of nitrogens with zero attached hydrogens (tertiary/aromatic N) is 1. The maximum absolute atomic E-state index is 12.7. The first-order valence-electron chi connectivity index (χ1n) is 6.41. The van der Waals surface area contributed by atoms with Crippen molar-refractivity contribution >= 4 is 40.7 Å². The van der Waals surface area contributed by atoms with Crippen molar-refractivity contribution in [1.29, 1.82) is 0 Å². The second kappa shape index (κ2) is 5.26. The number of hydrogen-bond donors (Lipinski definition) is 1. The zero-order chi connectivity index (χ0) is 15.1. The minimum Gasteiger partial charge on any atom is -0.340 e. The number of rotatable bonds is 2. The fourth-order valence-electron chi connectivity index (χ4n) is 2.20. The molecule has 20 heavy (non-hydrogen) atoms. The van der Waals surface area contributed by atoms with E-state index in [1.165, 1.54) is 4.90 Å². The van der Waals surface area contributed by atoms with Crippen LogP contribution in [0.4, 0.5) is 5.69 Å². The van der Waals surface area contributed by atoms with Gasteiger partial charge in [-0.15, -0.1) is 0 Å². The Morgan fingerprint density at radius 1 is 1.30 bits per heavy atom. The van der Waals surface area contributed by atoms with Crippen molar-refractivity contribution in [2.45, 2.75) is 38.8 Å². The molecule has 4 nitrogen and oxygen atoms in total. The van der Waals surface area contributed by atoms with Gasteiger partial charge in [0, 0.05) is 5.69 Å². The number of amides is 2.